The van der Waals surface area contributed by atoms with Crippen molar-refractivity contribution in [1.29, 1.82) is 0 Å². The van der Waals surface area contributed by atoms with Gasteiger partial charge in [0, 0.05) is 34.2 Å². The molecule has 0 aromatic carbocycles. The molecule has 0 N–H and O–H groups in total. The van der Waals surface area contributed by atoms with Gasteiger partial charge in [-0.25, -0.2) is 0 Å². The molecule has 0 aromatic heterocycles. The first-order valence-electron chi connectivity index (χ1n) is 6.47. The summed E-state index contributed by atoms with van der Waals surface area (Å²) in [5, 5.41) is 29.7. The van der Waals surface area contributed by atoms with Gasteiger partial charge in [-0.3, -0.25) is 0 Å². The van der Waals surface area contributed by atoms with E-state index >= 15 is 0 Å². The first-order valence-corrected chi connectivity index (χ1v) is 6.47. The zero-order valence-electron chi connectivity index (χ0n) is 14.8. The van der Waals surface area contributed by atoms with E-state index < -0.39 is 34.2 Å². The van der Waals surface area contributed by atoms with Crippen LogP contribution in [0.2, 0.25) is 0 Å². The third-order valence-electron chi connectivity index (χ3n) is 1.84. The SMILES string of the molecule is CC(C)(C)C(=O)[O-].CC(C)(C)C(=O)[O-].CC(C)(C)C(=O)[O-].[Eu+3]. The molecule has 0 saturated heterocycles. The van der Waals surface area contributed by atoms with Gasteiger partial charge in [-0.2, -0.15) is 0 Å². The van der Waals surface area contributed by atoms with Crippen LogP contribution in [0, 0.1) is 65.6 Å². The standard InChI is InChI=1S/3C5H10O2.Eu/c3*1-5(2,3)4(6)7;/h3*1-3H3,(H,6,7);/q;;;+3/p-3. The van der Waals surface area contributed by atoms with E-state index in [4.69, 9.17) is 0 Å². The second-order valence-electron chi connectivity index (χ2n) is 7.61. The summed E-state index contributed by atoms with van der Waals surface area (Å²) in [5.74, 6) is -3.02. The second-order valence-corrected chi connectivity index (χ2v) is 7.61. The Labute approximate surface area is 174 Å². The summed E-state index contributed by atoms with van der Waals surface area (Å²) in [6, 6.07) is 0. The Morgan fingerprint density at radius 3 is 0.545 bits per heavy atom. The van der Waals surface area contributed by atoms with Gasteiger partial charge >= 0.3 is 49.4 Å². The van der Waals surface area contributed by atoms with Crippen molar-refractivity contribution in [2.75, 3.05) is 0 Å². The summed E-state index contributed by atoms with van der Waals surface area (Å²) >= 11 is 0. The topological polar surface area (TPSA) is 120 Å². The van der Waals surface area contributed by atoms with Crippen LogP contribution in [0.5, 0.6) is 0 Å². The predicted molar refractivity (Wildman–Crippen MR) is 73.4 cm³/mol. The molecule has 0 rings (SSSR count). The number of aliphatic carboxylic acids is 3. The third kappa shape index (κ3) is 22.3. The number of carboxylic acid groups (broad SMARTS) is 3. The van der Waals surface area contributed by atoms with Gasteiger partial charge in [-0.15, -0.1) is 0 Å². The summed E-state index contributed by atoms with van der Waals surface area (Å²) in [7, 11) is 0. The number of hydrogen-bond acceptors (Lipinski definition) is 6. The molecule has 0 fully saturated rings. The Kier molecular flexibility index (Phi) is 15.7. The second kappa shape index (κ2) is 11.5. The summed E-state index contributed by atoms with van der Waals surface area (Å²) in [6.45, 7) is 14.4. The molecule has 0 aromatic rings. The van der Waals surface area contributed by atoms with Crippen LogP contribution in [-0.4, -0.2) is 17.9 Å². The van der Waals surface area contributed by atoms with Crippen LogP contribution >= 0.6 is 0 Å². The molecule has 0 aliphatic heterocycles. The van der Waals surface area contributed by atoms with E-state index in [-0.39, 0.29) is 49.4 Å². The van der Waals surface area contributed by atoms with Crippen LogP contribution in [0.15, 0.2) is 0 Å². The van der Waals surface area contributed by atoms with Crippen LogP contribution in [0.1, 0.15) is 62.3 Å². The molecule has 6 nitrogen and oxygen atoms in total. The molecule has 0 saturated carbocycles. The van der Waals surface area contributed by atoms with Crippen molar-refractivity contribution < 1.29 is 79.1 Å². The van der Waals surface area contributed by atoms with E-state index in [0.717, 1.165) is 0 Å². The number of carboxylic acids is 3. The van der Waals surface area contributed by atoms with Crippen molar-refractivity contribution in [3.63, 3.8) is 0 Å². The molecule has 0 atom stereocenters. The van der Waals surface area contributed by atoms with Crippen molar-refractivity contribution in [3.05, 3.63) is 0 Å². The maximum absolute atomic E-state index is 9.91. The molecule has 130 valence electrons. The average molecular weight is 455 g/mol. The van der Waals surface area contributed by atoms with Crippen LogP contribution < -0.4 is 15.3 Å². The van der Waals surface area contributed by atoms with E-state index in [2.05, 4.69) is 0 Å². The normalized spacial score (nSPS) is 10.8. The van der Waals surface area contributed by atoms with E-state index in [1.54, 1.807) is 62.3 Å². The molecule has 0 unspecified atom stereocenters. The zero-order valence-corrected chi connectivity index (χ0v) is 17.3. The minimum absolute atomic E-state index is 0. The molecular formula is C15H27EuO6. The average Bonchev–Trinajstić information content (AvgIpc) is 2.14. The maximum atomic E-state index is 9.91. The van der Waals surface area contributed by atoms with E-state index in [1.807, 2.05) is 0 Å². The minimum atomic E-state index is -1.01. The number of carbonyl (C=O) groups is 3. The molecule has 0 heterocycles. The first kappa shape index (κ1) is 29.9. The Morgan fingerprint density at radius 1 is 0.500 bits per heavy atom. The van der Waals surface area contributed by atoms with Crippen molar-refractivity contribution in [1.82, 2.24) is 0 Å². The number of hydrogen-bond donors (Lipinski definition) is 0. The van der Waals surface area contributed by atoms with E-state index in [1.165, 1.54) is 0 Å². The van der Waals surface area contributed by atoms with Crippen LogP contribution in [0.25, 0.3) is 0 Å². The fraction of sp³-hybridized carbons (Fsp3) is 0.800. The van der Waals surface area contributed by atoms with Gasteiger partial charge in [0.25, 0.3) is 0 Å². The minimum Gasteiger partial charge on any atom is -0.550 e. The van der Waals surface area contributed by atoms with Crippen molar-refractivity contribution >= 4 is 17.9 Å². The molecule has 0 spiro atoms. The van der Waals surface area contributed by atoms with Crippen LogP contribution in [-0.2, 0) is 14.4 Å². The molecule has 0 amide bonds. The number of carbonyl (C=O) groups excluding carboxylic acids is 3. The van der Waals surface area contributed by atoms with Gasteiger partial charge in [0.2, 0.25) is 0 Å². The van der Waals surface area contributed by atoms with Gasteiger partial charge in [-0.05, 0) is 0 Å². The Morgan fingerprint density at radius 2 is 0.545 bits per heavy atom. The summed E-state index contributed by atoms with van der Waals surface area (Å²) < 4.78 is 0. The fourth-order valence-electron chi connectivity index (χ4n) is 0. The van der Waals surface area contributed by atoms with Gasteiger partial charge in [0.15, 0.2) is 0 Å². The molecule has 0 aliphatic carbocycles. The Hall–Kier alpha value is -0.00558. The van der Waals surface area contributed by atoms with Gasteiger partial charge < -0.3 is 29.7 Å². The van der Waals surface area contributed by atoms with Crippen LogP contribution in [0.4, 0.5) is 0 Å². The van der Waals surface area contributed by atoms with Crippen molar-refractivity contribution in [2.45, 2.75) is 62.3 Å². The zero-order chi connectivity index (χ0) is 18.2. The molecule has 7 heteroatoms. The smallest absolute Gasteiger partial charge is 0.550 e. The quantitative estimate of drug-likeness (QED) is 0.479. The molecule has 0 aliphatic rings. The maximum Gasteiger partial charge on any atom is 3.00 e. The molecule has 22 heavy (non-hydrogen) atoms. The van der Waals surface area contributed by atoms with E-state index in [9.17, 15) is 29.7 Å². The Bertz CT molecular complexity index is 299. The first-order chi connectivity index (χ1) is 8.83. The third-order valence-corrected chi connectivity index (χ3v) is 1.84. The number of rotatable bonds is 0. The van der Waals surface area contributed by atoms with E-state index in [0.29, 0.717) is 0 Å². The van der Waals surface area contributed by atoms with Crippen LogP contribution in [0.3, 0.4) is 0 Å². The van der Waals surface area contributed by atoms with Crippen molar-refractivity contribution in [2.24, 2.45) is 16.2 Å². The fourth-order valence-corrected chi connectivity index (χ4v) is 0. The summed E-state index contributed by atoms with van der Waals surface area (Å²) in [4.78, 5) is 29.7. The summed E-state index contributed by atoms with van der Waals surface area (Å²) in [6.07, 6.45) is 0. The molecular weight excluding hydrogens is 428 g/mol. The van der Waals surface area contributed by atoms with Crippen molar-refractivity contribution in [3.8, 4) is 0 Å². The largest absolute Gasteiger partial charge is 3.00 e. The predicted octanol–water partition coefficient (Wildman–Crippen LogP) is -0.653. The Balaban J connectivity index is -0.000000108. The van der Waals surface area contributed by atoms with Gasteiger partial charge in [-0.1, -0.05) is 62.3 Å². The van der Waals surface area contributed by atoms with Gasteiger partial charge in [0.05, 0.1) is 0 Å². The van der Waals surface area contributed by atoms with Gasteiger partial charge in [0.1, 0.15) is 0 Å². The summed E-state index contributed by atoms with van der Waals surface area (Å²) in [5.41, 5.74) is -2.08. The monoisotopic (exact) mass is 456 g/mol. The molecule has 0 radical (unpaired) electrons. The molecule has 0 bridgehead atoms.